The number of aromatic carboxylic acids is 1. The van der Waals surface area contributed by atoms with Gasteiger partial charge in [-0.15, -0.1) is 0 Å². The molecule has 0 spiro atoms. The van der Waals surface area contributed by atoms with Crippen molar-refractivity contribution in [1.82, 2.24) is 9.97 Å². The van der Waals surface area contributed by atoms with Crippen LogP contribution < -0.4 is 0 Å². The summed E-state index contributed by atoms with van der Waals surface area (Å²) in [7, 11) is 0. The van der Waals surface area contributed by atoms with Gasteiger partial charge >= 0.3 is 5.97 Å². The molecule has 3 aromatic carbocycles. The fourth-order valence-corrected chi connectivity index (χ4v) is 4.49. The third kappa shape index (κ3) is 3.62. The van der Waals surface area contributed by atoms with Crippen LogP contribution >= 0.6 is 0 Å². The van der Waals surface area contributed by atoms with Gasteiger partial charge in [0.2, 0.25) is 0 Å². The molecule has 0 fully saturated rings. The highest BCUT2D eigenvalue weighted by Crippen LogP contribution is 2.33. The van der Waals surface area contributed by atoms with E-state index < -0.39 is 5.97 Å². The highest BCUT2D eigenvalue weighted by molar-refractivity contribution is 6.08. The number of aryl methyl sites for hydroxylation is 2. The average Bonchev–Trinajstić information content (AvgIpc) is 2.84. The number of aromatic nitrogens is 2. The van der Waals surface area contributed by atoms with Crippen molar-refractivity contribution >= 4 is 38.4 Å². The van der Waals surface area contributed by atoms with E-state index in [1.807, 2.05) is 0 Å². The number of hydrogen-bond acceptors (Lipinski definition) is 4. The summed E-state index contributed by atoms with van der Waals surface area (Å²) < 4.78 is 0. The Morgan fingerprint density at radius 1 is 0.781 bits per heavy atom. The second kappa shape index (κ2) is 8.27. The van der Waals surface area contributed by atoms with Gasteiger partial charge in [-0.25, -0.2) is 9.78 Å². The summed E-state index contributed by atoms with van der Waals surface area (Å²) in [6.07, 6.45) is 7.95. The Hall–Kier alpha value is -3.99. The Morgan fingerprint density at radius 2 is 1.56 bits per heavy atom. The van der Waals surface area contributed by atoms with Crippen molar-refractivity contribution in [2.45, 2.75) is 25.7 Å². The molecule has 5 heteroatoms. The Balaban J connectivity index is 0.000000140. The fraction of sp³-hybridized carbons (Fsp3) is 0.148. The third-order valence-corrected chi connectivity index (χ3v) is 6.06. The van der Waals surface area contributed by atoms with Crippen LogP contribution in [0.5, 0.6) is 5.75 Å². The maximum Gasteiger partial charge on any atom is 0.354 e. The molecule has 2 N–H and O–H groups in total. The summed E-state index contributed by atoms with van der Waals surface area (Å²) in [5.74, 6) is -1.24. The van der Waals surface area contributed by atoms with Crippen LogP contribution in [0.15, 0.2) is 73.1 Å². The Morgan fingerprint density at radius 3 is 2.44 bits per heavy atom. The van der Waals surface area contributed by atoms with E-state index in [4.69, 9.17) is 5.11 Å². The quantitative estimate of drug-likeness (QED) is 0.328. The third-order valence-electron chi connectivity index (χ3n) is 6.06. The Labute approximate surface area is 185 Å². The van der Waals surface area contributed by atoms with Crippen LogP contribution in [0.3, 0.4) is 0 Å². The van der Waals surface area contributed by atoms with Crippen LogP contribution in [0.25, 0.3) is 32.4 Å². The first-order valence-electron chi connectivity index (χ1n) is 10.7. The standard InChI is InChI=1S/C18H16.C9H6N2O3/c1-3-7-15-13(5-1)9-11-18-16-8-4-2-6-14(16)10-12-17(15)18;12-7-4-10-3-5-1-2-6(9(13)14)11-8(5)7/h1,3,5,7,9-12H,2,4,6,8H2;1-4,12H,(H,13,14). The number of carboxylic acid groups (broad SMARTS) is 1. The lowest BCUT2D eigenvalue weighted by molar-refractivity contribution is 0.0691. The minimum atomic E-state index is -1.12. The zero-order valence-electron chi connectivity index (χ0n) is 17.5. The van der Waals surface area contributed by atoms with Gasteiger partial charge < -0.3 is 10.2 Å². The fourth-order valence-electron chi connectivity index (χ4n) is 4.49. The molecule has 0 aliphatic heterocycles. The first kappa shape index (κ1) is 19.9. The minimum Gasteiger partial charge on any atom is -0.504 e. The van der Waals surface area contributed by atoms with Crippen LogP contribution in [0.1, 0.15) is 34.5 Å². The zero-order chi connectivity index (χ0) is 22.1. The van der Waals surface area contributed by atoms with Crippen molar-refractivity contribution < 1.29 is 15.0 Å². The molecule has 0 radical (unpaired) electrons. The predicted molar refractivity (Wildman–Crippen MR) is 126 cm³/mol. The normalized spacial score (nSPS) is 12.9. The molecule has 0 saturated carbocycles. The van der Waals surface area contributed by atoms with Gasteiger partial charge in [-0.3, -0.25) is 4.98 Å². The molecule has 1 aliphatic rings. The lowest BCUT2D eigenvalue weighted by Gasteiger charge is -2.18. The van der Waals surface area contributed by atoms with E-state index in [2.05, 4.69) is 58.5 Å². The van der Waals surface area contributed by atoms with Crippen molar-refractivity contribution in [2.24, 2.45) is 0 Å². The second-order valence-corrected chi connectivity index (χ2v) is 8.02. The number of pyridine rings is 2. The number of fused-ring (bicyclic) bond motifs is 6. The highest BCUT2D eigenvalue weighted by atomic mass is 16.4. The van der Waals surface area contributed by atoms with Gasteiger partial charge in [0.15, 0.2) is 5.75 Å². The number of nitrogens with zero attached hydrogens (tertiary/aromatic N) is 2. The SMILES string of the molecule is O=C(O)c1ccc2cncc(O)c2n1.c1ccc2c(c1)ccc1c3c(ccc12)CCCC3. The molecule has 0 unspecified atom stereocenters. The van der Waals surface area contributed by atoms with Crippen LogP contribution in [-0.4, -0.2) is 26.2 Å². The molecule has 0 bridgehead atoms. The molecule has 2 heterocycles. The van der Waals surface area contributed by atoms with Gasteiger partial charge in [-0.1, -0.05) is 48.5 Å². The van der Waals surface area contributed by atoms with E-state index >= 15 is 0 Å². The smallest absolute Gasteiger partial charge is 0.354 e. The lowest BCUT2D eigenvalue weighted by atomic mass is 9.86. The topological polar surface area (TPSA) is 83.3 Å². The first-order chi connectivity index (χ1) is 15.6. The van der Waals surface area contributed by atoms with E-state index in [9.17, 15) is 9.90 Å². The zero-order valence-corrected chi connectivity index (χ0v) is 17.5. The molecular weight excluding hydrogens is 400 g/mol. The van der Waals surface area contributed by atoms with Gasteiger partial charge in [-0.2, -0.15) is 0 Å². The summed E-state index contributed by atoms with van der Waals surface area (Å²) in [4.78, 5) is 18.1. The second-order valence-electron chi connectivity index (χ2n) is 8.02. The minimum absolute atomic E-state index is 0.0981. The average molecular weight is 422 g/mol. The monoisotopic (exact) mass is 422 g/mol. The van der Waals surface area contributed by atoms with Gasteiger partial charge in [-0.05, 0) is 70.5 Å². The number of carbonyl (C=O) groups is 1. The molecular formula is C27H22N2O3. The van der Waals surface area contributed by atoms with E-state index in [0.717, 1.165) is 0 Å². The molecule has 5 nitrogen and oxygen atoms in total. The maximum atomic E-state index is 10.6. The number of rotatable bonds is 1. The van der Waals surface area contributed by atoms with Gasteiger partial charge in [0.25, 0.3) is 0 Å². The highest BCUT2D eigenvalue weighted by Gasteiger charge is 2.13. The number of hydrogen-bond donors (Lipinski definition) is 2. The van der Waals surface area contributed by atoms with Crippen molar-refractivity contribution in [3.8, 4) is 5.75 Å². The van der Waals surface area contributed by atoms with Crippen LogP contribution in [-0.2, 0) is 12.8 Å². The Kier molecular flexibility index (Phi) is 5.15. The molecule has 0 saturated heterocycles. The summed E-state index contributed by atoms with van der Waals surface area (Å²) >= 11 is 0. The first-order valence-corrected chi connectivity index (χ1v) is 10.7. The molecule has 1 aliphatic carbocycles. The molecule has 0 atom stereocenters. The van der Waals surface area contributed by atoms with E-state index in [1.54, 1.807) is 17.2 Å². The van der Waals surface area contributed by atoms with Crippen molar-refractivity contribution in [2.75, 3.05) is 0 Å². The van der Waals surface area contributed by atoms with E-state index in [0.29, 0.717) is 5.39 Å². The molecule has 2 aromatic heterocycles. The maximum absolute atomic E-state index is 10.6. The van der Waals surface area contributed by atoms with Crippen LogP contribution in [0.2, 0.25) is 0 Å². The summed E-state index contributed by atoms with van der Waals surface area (Å²) in [5.41, 5.74) is 3.33. The molecule has 6 rings (SSSR count). The summed E-state index contributed by atoms with van der Waals surface area (Å²) in [6.45, 7) is 0. The molecule has 5 aromatic rings. The lowest BCUT2D eigenvalue weighted by Crippen LogP contribution is -2.02. The van der Waals surface area contributed by atoms with Gasteiger partial charge in [0, 0.05) is 11.6 Å². The number of carboxylic acids is 1. The van der Waals surface area contributed by atoms with Crippen LogP contribution in [0.4, 0.5) is 0 Å². The van der Waals surface area contributed by atoms with Gasteiger partial charge in [0.1, 0.15) is 11.2 Å². The summed E-state index contributed by atoms with van der Waals surface area (Å²) in [5, 5.41) is 24.3. The van der Waals surface area contributed by atoms with Gasteiger partial charge in [0.05, 0.1) is 6.20 Å². The predicted octanol–water partition coefficient (Wildman–Crippen LogP) is 5.91. The van der Waals surface area contributed by atoms with Crippen molar-refractivity contribution in [1.29, 1.82) is 0 Å². The molecule has 158 valence electrons. The molecule has 0 amide bonds. The number of benzene rings is 3. The Bertz CT molecular complexity index is 1480. The largest absolute Gasteiger partial charge is 0.504 e. The van der Waals surface area contributed by atoms with E-state index in [-0.39, 0.29) is 17.0 Å². The molecule has 32 heavy (non-hydrogen) atoms. The van der Waals surface area contributed by atoms with E-state index in [1.165, 1.54) is 65.7 Å². The van der Waals surface area contributed by atoms with Crippen molar-refractivity contribution in [3.05, 3.63) is 89.9 Å². The van der Waals surface area contributed by atoms with Crippen molar-refractivity contribution in [3.63, 3.8) is 0 Å². The summed E-state index contributed by atoms with van der Waals surface area (Å²) in [6, 6.07) is 20.9. The number of aromatic hydroxyl groups is 1. The van der Waals surface area contributed by atoms with Crippen LogP contribution in [0, 0.1) is 0 Å².